The Bertz CT molecular complexity index is 1630. The maximum atomic E-state index is 5.98. The highest BCUT2D eigenvalue weighted by molar-refractivity contribution is 14.1. The van der Waals surface area contributed by atoms with Crippen LogP contribution in [0.2, 0.25) is 0 Å². The van der Waals surface area contributed by atoms with E-state index in [0.29, 0.717) is 12.0 Å². The van der Waals surface area contributed by atoms with Gasteiger partial charge in [-0.2, -0.15) is 4.98 Å². The minimum atomic E-state index is 0.564. The molecule has 3 heterocycles. The van der Waals surface area contributed by atoms with Gasteiger partial charge in [-0.25, -0.2) is 4.98 Å². The smallest absolute Gasteiger partial charge is 0.231 e. The molecule has 13 heteroatoms. The number of benzene rings is 2. The van der Waals surface area contributed by atoms with E-state index in [1.807, 2.05) is 24.2 Å². The lowest BCUT2D eigenvalue weighted by atomic mass is 10.0. The van der Waals surface area contributed by atoms with Gasteiger partial charge in [0.05, 0.1) is 57.0 Å². The molecule has 240 valence electrons. The van der Waals surface area contributed by atoms with Crippen molar-refractivity contribution in [2.75, 3.05) is 71.4 Å². The molecule has 10 nitrogen and oxygen atoms in total. The molecule has 0 unspecified atom stereocenters. The number of hydrogen-bond donors (Lipinski definition) is 0. The highest BCUT2D eigenvalue weighted by Crippen LogP contribution is 2.45. The molecule has 0 atom stereocenters. The molecular formula is C32H41BrIN9OS. The maximum absolute atomic E-state index is 5.98. The summed E-state index contributed by atoms with van der Waals surface area (Å²) >= 11 is 7.70. The molecule has 0 aliphatic carbocycles. The summed E-state index contributed by atoms with van der Waals surface area (Å²) in [4.78, 5) is 25.9. The Labute approximate surface area is 293 Å². The van der Waals surface area contributed by atoms with Crippen molar-refractivity contribution in [1.82, 2.24) is 24.8 Å². The van der Waals surface area contributed by atoms with E-state index in [2.05, 4.69) is 113 Å². The summed E-state index contributed by atoms with van der Waals surface area (Å²) in [5, 5.41) is 0. The van der Waals surface area contributed by atoms with E-state index in [4.69, 9.17) is 19.7 Å². The van der Waals surface area contributed by atoms with Crippen molar-refractivity contribution in [3.63, 3.8) is 0 Å². The summed E-state index contributed by atoms with van der Waals surface area (Å²) in [7, 11) is 8.08. The average molecular weight is 807 g/mol. The second-order valence-electron chi connectivity index (χ2n) is 11.1. The van der Waals surface area contributed by atoms with Crippen LogP contribution < -0.4 is 22.0 Å². The molecule has 1 fully saturated rings. The molecule has 1 aliphatic rings. The first-order chi connectivity index (χ1) is 21.7. The lowest BCUT2D eigenvalue weighted by molar-refractivity contribution is 0.249. The molecule has 0 spiro atoms. The number of piperidine rings is 1. The highest BCUT2D eigenvalue weighted by Gasteiger charge is 2.26. The zero-order valence-electron chi connectivity index (χ0n) is 27.0. The Hall–Kier alpha value is -2.62. The van der Waals surface area contributed by atoms with Crippen molar-refractivity contribution in [3.8, 4) is 5.75 Å². The lowest BCUT2D eigenvalue weighted by Crippen LogP contribution is -2.42. The molecule has 2 aromatic heterocycles. The number of fused-ring (bicyclic) bond motifs is 1. The standard InChI is InChI=1S/C32H41BrIN9OS/c1-8-21-18-27(28(44-6)19-26(21)41-16-12-22(13-17-41)39(3)4)40(5)32-37-20-23(33)31(38-32)43(34)25-11-10-24-29(36-15-14-35-24)30(25)42(9-2)45-7/h10-11,14-15,18-20,22H,8-9,12-13,16-17H2,1-7H3. The van der Waals surface area contributed by atoms with Gasteiger partial charge in [-0.15, -0.1) is 0 Å². The van der Waals surface area contributed by atoms with Crippen LogP contribution in [0.4, 0.5) is 34.5 Å². The Morgan fingerprint density at radius 2 is 1.78 bits per heavy atom. The summed E-state index contributed by atoms with van der Waals surface area (Å²) in [6.45, 7) is 7.22. The van der Waals surface area contributed by atoms with Crippen LogP contribution in [0.25, 0.3) is 11.0 Å². The summed E-state index contributed by atoms with van der Waals surface area (Å²) in [5.74, 6) is 2.09. The Balaban J connectivity index is 1.51. The van der Waals surface area contributed by atoms with Gasteiger partial charge in [0.15, 0.2) is 5.82 Å². The zero-order valence-corrected chi connectivity index (χ0v) is 31.5. The topological polar surface area (TPSA) is 77.0 Å². The van der Waals surface area contributed by atoms with Crippen LogP contribution >= 0.6 is 50.7 Å². The van der Waals surface area contributed by atoms with E-state index in [-0.39, 0.29) is 0 Å². The molecule has 5 rings (SSSR count). The lowest BCUT2D eigenvalue weighted by Gasteiger charge is -2.37. The number of halogens is 2. The molecule has 4 aromatic rings. The number of nitrogens with zero attached hydrogens (tertiary/aromatic N) is 9. The molecule has 1 saturated heterocycles. The molecule has 2 aromatic carbocycles. The quantitative estimate of drug-likeness (QED) is 0.0853. The van der Waals surface area contributed by atoms with Crippen molar-refractivity contribution in [2.24, 2.45) is 0 Å². The second kappa shape index (κ2) is 14.9. The number of aromatic nitrogens is 4. The first-order valence-electron chi connectivity index (χ1n) is 15.1. The van der Waals surface area contributed by atoms with E-state index < -0.39 is 0 Å². The molecule has 0 bridgehead atoms. The van der Waals surface area contributed by atoms with Crippen LogP contribution in [0, 0.1) is 0 Å². The number of aryl methyl sites for hydroxylation is 1. The van der Waals surface area contributed by atoms with Crippen molar-refractivity contribution < 1.29 is 4.74 Å². The normalized spacial score (nSPS) is 13.9. The predicted octanol–water partition coefficient (Wildman–Crippen LogP) is 7.64. The molecule has 0 N–H and O–H groups in total. The third-order valence-corrected chi connectivity index (χ3v) is 10.8. The SMILES string of the molecule is CCc1cc(N(C)c2ncc(Br)c(N(I)c3ccc4nccnc4c3N(CC)SC)n2)c(OC)cc1N1CCC(N(C)C)CC1. The highest BCUT2D eigenvalue weighted by atomic mass is 127. The van der Waals surface area contributed by atoms with Crippen molar-refractivity contribution >= 4 is 96.3 Å². The van der Waals surface area contributed by atoms with Crippen LogP contribution in [-0.2, 0) is 6.42 Å². The van der Waals surface area contributed by atoms with Gasteiger partial charge in [0.25, 0.3) is 0 Å². The van der Waals surface area contributed by atoms with Gasteiger partial charge in [-0.05, 0) is 80.0 Å². The minimum Gasteiger partial charge on any atom is -0.494 e. The fourth-order valence-electron chi connectivity index (χ4n) is 5.89. The fourth-order valence-corrected chi connectivity index (χ4v) is 7.97. The molecule has 0 saturated carbocycles. The number of anilines is 6. The number of methoxy groups -OCH3 is 1. The van der Waals surface area contributed by atoms with Gasteiger partial charge < -0.3 is 23.7 Å². The molecule has 0 amide bonds. The summed E-state index contributed by atoms with van der Waals surface area (Å²) in [6.07, 6.45) is 10.6. The van der Waals surface area contributed by atoms with Gasteiger partial charge in [0.1, 0.15) is 11.3 Å². The fraction of sp³-hybridized carbons (Fsp3) is 0.438. The van der Waals surface area contributed by atoms with Crippen molar-refractivity contribution in [1.29, 1.82) is 0 Å². The van der Waals surface area contributed by atoms with Gasteiger partial charge in [-0.1, -0.05) is 18.9 Å². The Kier molecular flexibility index (Phi) is 11.1. The van der Waals surface area contributed by atoms with Gasteiger partial charge >= 0.3 is 0 Å². The van der Waals surface area contributed by atoms with E-state index in [1.165, 1.54) is 11.3 Å². The van der Waals surface area contributed by atoms with Crippen LogP contribution in [0.1, 0.15) is 32.3 Å². The van der Waals surface area contributed by atoms with Crippen LogP contribution in [0.3, 0.4) is 0 Å². The van der Waals surface area contributed by atoms with Gasteiger partial charge in [-0.3, -0.25) is 13.1 Å². The van der Waals surface area contributed by atoms with Crippen LogP contribution in [-0.4, -0.2) is 85.0 Å². The summed E-state index contributed by atoms with van der Waals surface area (Å²) in [5.41, 5.74) is 7.10. The average Bonchev–Trinajstić information content (AvgIpc) is 3.07. The van der Waals surface area contributed by atoms with E-state index in [1.54, 1.807) is 31.5 Å². The minimum absolute atomic E-state index is 0.564. The van der Waals surface area contributed by atoms with Crippen molar-refractivity contribution in [3.05, 3.63) is 52.9 Å². The number of ether oxygens (including phenoxy) is 1. The first kappa shape index (κ1) is 33.7. The van der Waals surface area contributed by atoms with Crippen LogP contribution in [0.15, 0.2) is 47.3 Å². The third kappa shape index (κ3) is 6.91. The Morgan fingerprint density at radius 3 is 2.42 bits per heavy atom. The molecule has 1 aliphatic heterocycles. The molecular weight excluding hydrogens is 765 g/mol. The number of rotatable bonds is 11. The maximum Gasteiger partial charge on any atom is 0.231 e. The Morgan fingerprint density at radius 1 is 1.04 bits per heavy atom. The monoisotopic (exact) mass is 805 g/mol. The zero-order chi connectivity index (χ0) is 32.2. The predicted molar refractivity (Wildman–Crippen MR) is 201 cm³/mol. The molecule has 0 radical (unpaired) electrons. The summed E-state index contributed by atoms with van der Waals surface area (Å²) < 4.78 is 11.0. The van der Waals surface area contributed by atoms with E-state index in [9.17, 15) is 0 Å². The largest absolute Gasteiger partial charge is 0.494 e. The third-order valence-electron chi connectivity index (χ3n) is 8.42. The first-order valence-corrected chi connectivity index (χ1v) is 18.1. The molecule has 45 heavy (non-hydrogen) atoms. The van der Waals surface area contributed by atoms with Crippen LogP contribution in [0.5, 0.6) is 5.75 Å². The summed E-state index contributed by atoms with van der Waals surface area (Å²) in [6, 6.07) is 9.13. The van der Waals surface area contributed by atoms with Crippen molar-refractivity contribution in [2.45, 2.75) is 39.2 Å². The van der Waals surface area contributed by atoms with E-state index in [0.717, 1.165) is 83.0 Å². The van der Waals surface area contributed by atoms with E-state index >= 15 is 0 Å². The number of hydrogen-bond acceptors (Lipinski definition) is 11. The second-order valence-corrected chi connectivity index (χ2v) is 13.7. The van der Waals surface area contributed by atoms with Gasteiger partial charge in [0.2, 0.25) is 5.95 Å². The van der Waals surface area contributed by atoms with Gasteiger partial charge in [0, 0.05) is 69.3 Å².